The maximum atomic E-state index is 11.6. The first kappa shape index (κ1) is 18.8. The Hall–Kier alpha value is -2.24. The van der Waals surface area contributed by atoms with Crippen molar-refractivity contribution in [2.75, 3.05) is 18.5 Å². The Bertz CT molecular complexity index is 529. The van der Waals surface area contributed by atoms with Gasteiger partial charge < -0.3 is 21.1 Å². The van der Waals surface area contributed by atoms with Gasteiger partial charge in [0.05, 0.1) is 19.2 Å². The van der Waals surface area contributed by atoms with Gasteiger partial charge in [0.25, 0.3) is 0 Å². The van der Waals surface area contributed by atoms with Gasteiger partial charge in [-0.25, -0.2) is 4.79 Å². The highest BCUT2D eigenvalue weighted by Crippen LogP contribution is 2.09. The normalized spacial score (nSPS) is 12.8. The lowest BCUT2D eigenvalue weighted by atomic mass is 10.0. The molecule has 1 rings (SSSR count). The summed E-state index contributed by atoms with van der Waals surface area (Å²) in [7, 11) is 0. The molecule has 6 nitrogen and oxygen atoms in total. The first-order valence-corrected chi connectivity index (χ1v) is 7.97. The van der Waals surface area contributed by atoms with Crippen LogP contribution in [0.2, 0.25) is 0 Å². The van der Waals surface area contributed by atoms with Crippen LogP contribution in [0, 0.1) is 12.8 Å². The number of hydrogen-bond donors (Lipinski definition) is 3. The molecule has 0 bridgehead atoms. The van der Waals surface area contributed by atoms with E-state index in [2.05, 4.69) is 29.5 Å². The zero-order valence-electron chi connectivity index (χ0n) is 14.4. The summed E-state index contributed by atoms with van der Waals surface area (Å²) in [4.78, 5) is 15.9. The van der Waals surface area contributed by atoms with E-state index in [9.17, 15) is 4.79 Å². The molecule has 0 aliphatic rings. The first-order valence-electron chi connectivity index (χ1n) is 7.97. The van der Waals surface area contributed by atoms with Crippen LogP contribution in [0.25, 0.3) is 0 Å². The number of aryl methyl sites for hydroxylation is 1. The summed E-state index contributed by atoms with van der Waals surface area (Å²) in [6.07, 6.45) is 0.388. The Morgan fingerprint density at radius 3 is 2.74 bits per heavy atom. The predicted octanol–water partition coefficient (Wildman–Crippen LogP) is 2.88. The second kappa shape index (κ2) is 9.71. The molecular formula is C17H28N4O2. The molecule has 128 valence electrons. The summed E-state index contributed by atoms with van der Waals surface area (Å²) in [6.45, 7) is 8.73. The standard InChI is InChI=1S/C17H28N4O2/c1-5-23-17(22)21-15(9-12(2)3)11-19-16(18)20-14-8-6-7-13(4)10-14/h6-8,10,12,15H,5,9,11H2,1-4H3,(H,21,22)(H3,18,19,20). The van der Waals surface area contributed by atoms with E-state index in [1.165, 1.54) is 0 Å². The molecular weight excluding hydrogens is 292 g/mol. The van der Waals surface area contributed by atoms with Crippen LogP contribution in [0.4, 0.5) is 10.5 Å². The van der Waals surface area contributed by atoms with Gasteiger partial charge in [0.15, 0.2) is 5.96 Å². The molecule has 0 radical (unpaired) electrons. The molecule has 23 heavy (non-hydrogen) atoms. The minimum atomic E-state index is -0.418. The zero-order chi connectivity index (χ0) is 17.2. The monoisotopic (exact) mass is 320 g/mol. The third-order valence-corrected chi connectivity index (χ3v) is 3.13. The SMILES string of the molecule is CCOC(=O)NC(CN=C(N)Nc1cccc(C)c1)CC(C)C. The number of carbonyl (C=O) groups is 1. The van der Waals surface area contributed by atoms with Gasteiger partial charge in [-0.3, -0.25) is 4.99 Å². The van der Waals surface area contributed by atoms with E-state index in [0.717, 1.165) is 17.7 Å². The van der Waals surface area contributed by atoms with Crippen molar-refractivity contribution in [3.05, 3.63) is 29.8 Å². The predicted molar refractivity (Wildman–Crippen MR) is 94.7 cm³/mol. The highest BCUT2D eigenvalue weighted by atomic mass is 16.5. The molecule has 1 aromatic carbocycles. The molecule has 1 unspecified atom stereocenters. The second-order valence-corrected chi connectivity index (χ2v) is 5.91. The van der Waals surface area contributed by atoms with Crippen LogP contribution in [0.5, 0.6) is 0 Å². The van der Waals surface area contributed by atoms with Crippen molar-refractivity contribution in [3.8, 4) is 0 Å². The van der Waals surface area contributed by atoms with Crippen molar-refractivity contribution in [3.63, 3.8) is 0 Å². The van der Waals surface area contributed by atoms with Gasteiger partial charge in [-0.1, -0.05) is 26.0 Å². The van der Waals surface area contributed by atoms with Crippen molar-refractivity contribution >= 4 is 17.7 Å². The second-order valence-electron chi connectivity index (χ2n) is 5.91. The van der Waals surface area contributed by atoms with Crippen LogP contribution in [0.3, 0.4) is 0 Å². The molecule has 1 aromatic rings. The number of nitrogens with one attached hydrogen (secondary N) is 2. The fourth-order valence-corrected chi connectivity index (χ4v) is 2.21. The van der Waals surface area contributed by atoms with E-state index >= 15 is 0 Å². The number of carbonyl (C=O) groups excluding carboxylic acids is 1. The van der Waals surface area contributed by atoms with E-state index < -0.39 is 6.09 Å². The molecule has 4 N–H and O–H groups in total. The number of rotatable bonds is 7. The van der Waals surface area contributed by atoms with Gasteiger partial charge in [-0.15, -0.1) is 0 Å². The van der Waals surface area contributed by atoms with Crippen LogP contribution in [0.15, 0.2) is 29.3 Å². The van der Waals surface area contributed by atoms with E-state index in [-0.39, 0.29) is 6.04 Å². The molecule has 0 fully saturated rings. The summed E-state index contributed by atoms with van der Waals surface area (Å²) in [5.74, 6) is 0.762. The zero-order valence-corrected chi connectivity index (χ0v) is 14.4. The lowest BCUT2D eigenvalue weighted by Crippen LogP contribution is -2.39. The number of guanidine groups is 1. The largest absolute Gasteiger partial charge is 0.450 e. The topological polar surface area (TPSA) is 88.7 Å². The Morgan fingerprint density at radius 1 is 1.39 bits per heavy atom. The maximum absolute atomic E-state index is 11.6. The summed E-state index contributed by atoms with van der Waals surface area (Å²) in [5, 5.41) is 5.88. The lowest BCUT2D eigenvalue weighted by Gasteiger charge is -2.18. The molecule has 1 atom stereocenters. The van der Waals surface area contributed by atoms with Crippen molar-refractivity contribution in [1.82, 2.24) is 5.32 Å². The summed E-state index contributed by atoms with van der Waals surface area (Å²) in [6, 6.07) is 7.78. The highest BCUT2D eigenvalue weighted by Gasteiger charge is 2.14. The van der Waals surface area contributed by atoms with Crippen molar-refractivity contribution < 1.29 is 9.53 Å². The molecule has 1 amide bonds. The van der Waals surface area contributed by atoms with E-state index in [4.69, 9.17) is 10.5 Å². The van der Waals surface area contributed by atoms with Crippen LogP contribution < -0.4 is 16.4 Å². The van der Waals surface area contributed by atoms with Gasteiger partial charge in [0.2, 0.25) is 0 Å². The first-order chi connectivity index (χ1) is 10.9. The number of nitrogens with two attached hydrogens (primary N) is 1. The number of alkyl carbamates (subject to hydrolysis) is 1. The average molecular weight is 320 g/mol. The van der Waals surface area contributed by atoms with Crippen LogP contribution in [0.1, 0.15) is 32.8 Å². The number of hydrogen-bond acceptors (Lipinski definition) is 3. The third-order valence-electron chi connectivity index (χ3n) is 3.13. The fourth-order valence-electron chi connectivity index (χ4n) is 2.21. The number of nitrogens with zero attached hydrogens (tertiary/aromatic N) is 1. The number of aliphatic imine (C=N–C) groups is 1. The van der Waals surface area contributed by atoms with Crippen molar-refractivity contribution in [2.45, 2.75) is 40.2 Å². The molecule has 0 aliphatic heterocycles. The Morgan fingerprint density at radius 2 is 2.13 bits per heavy atom. The maximum Gasteiger partial charge on any atom is 0.407 e. The van der Waals surface area contributed by atoms with Crippen molar-refractivity contribution in [2.24, 2.45) is 16.6 Å². The molecule has 0 heterocycles. The van der Waals surface area contributed by atoms with E-state index in [1.807, 2.05) is 31.2 Å². The Kier molecular flexibility index (Phi) is 7.94. The van der Waals surface area contributed by atoms with Crippen LogP contribution in [-0.2, 0) is 4.74 Å². The number of benzene rings is 1. The molecule has 0 aromatic heterocycles. The minimum Gasteiger partial charge on any atom is -0.450 e. The molecule has 6 heteroatoms. The Labute approximate surface area is 138 Å². The fraction of sp³-hybridized carbons (Fsp3) is 0.529. The minimum absolute atomic E-state index is 0.105. The lowest BCUT2D eigenvalue weighted by molar-refractivity contribution is 0.147. The molecule has 0 spiro atoms. The number of anilines is 1. The molecule has 0 aliphatic carbocycles. The molecule has 0 saturated carbocycles. The average Bonchev–Trinajstić information content (AvgIpc) is 2.44. The summed E-state index contributed by atoms with van der Waals surface area (Å²) >= 11 is 0. The quantitative estimate of drug-likeness (QED) is 0.532. The number of amides is 1. The smallest absolute Gasteiger partial charge is 0.407 e. The van der Waals surface area contributed by atoms with E-state index in [1.54, 1.807) is 6.92 Å². The molecule has 0 saturated heterocycles. The van der Waals surface area contributed by atoms with Crippen LogP contribution in [-0.4, -0.2) is 31.2 Å². The van der Waals surface area contributed by atoms with Gasteiger partial charge in [0.1, 0.15) is 0 Å². The van der Waals surface area contributed by atoms with E-state index in [0.29, 0.717) is 25.0 Å². The van der Waals surface area contributed by atoms with Gasteiger partial charge in [-0.05, 0) is 43.9 Å². The highest BCUT2D eigenvalue weighted by molar-refractivity contribution is 5.92. The third kappa shape index (κ3) is 8.09. The van der Waals surface area contributed by atoms with Gasteiger partial charge >= 0.3 is 6.09 Å². The van der Waals surface area contributed by atoms with Gasteiger partial charge in [-0.2, -0.15) is 0 Å². The van der Waals surface area contributed by atoms with Crippen LogP contribution >= 0.6 is 0 Å². The van der Waals surface area contributed by atoms with Crippen molar-refractivity contribution in [1.29, 1.82) is 0 Å². The summed E-state index contributed by atoms with van der Waals surface area (Å²) in [5.41, 5.74) is 7.96. The summed E-state index contributed by atoms with van der Waals surface area (Å²) < 4.78 is 4.92. The van der Waals surface area contributed by atoms with Gasteiger partial charge in [0, 0.05) is 5.69 Å². The Balaban J connectivity index is 2.61. The number of ether oxygens (including phenoxy) is 1.